The second-order valence-corrected chi connectivity index (χ2v) is 8.04. The van der Waals surface area contributed by atoms with Crippen molar-refractivity contribution in [2.24, 2.45) is 5.41 Å². The molecule has 2 aromatic rings. The van der Waals surface area contributed by atoms with E-state index in [2.05, 4.69) is 34.9 Å². The molecule has 2 aliphatic rings. The average molecular weight is 377 g/mol. The van der Waals surface area contributed by atoms with Crippen molar-refractivity contribution < 1.29 is 9.59 Å². The fraction of sp³-hybridized carbons (Fsp3) is 0.391. The first-order chi connectivity index (χ1) is 13.6. The molecule has 2 heterocycles. The Morgan fingerprint density at radius 2 is 1.68 bits per heavy atom. The van der Waals surface area contributed by atoms with Gasteiger partial charge in [-0.25, -0.2) is 4.79 Å². The highest BCUT2D eigenvalue weighted by Gasteiger charge is 2.41. The predicted molar refractivity (Wildman–Crippen MR) is 109 cm³/mol. The molecular weight excluding hydrogens is 350 g/mol. The monoisotopic (exact) mass is 377 g/mol. The minimum Gasteiger partial charge on any atom is -0.356 e. The van der Waals surface area contributed by atoms with Gasteiger partial charge in [0, 0.05) is 26.1 Å². The quantitative estimate of drug-likeness (QED) is 0.859. The zero-order valence-electron chi connectivity index (χ0n) is 16.1. The minimum atomic E-state index is -0.0679. The highest BCUT2D eigenvalue weighted by molar-refractivity contribution is 5.79. The van der Waals surface area contributed by atoms with Gasteiger partial charge in [-0.15, -0.1) is 0 Å². The molecule has 0 aromatic heterocycles. The van der Waals surface area contributed by atoms with Gasteiger partial charge < -0.3 is 15.5 Å². The lowest BCUT2D eigenvalue weighted by molar-refractivity contribution is -0.119. The summed E-state index contributed by atoms with van der Waals surface area (Å²) in [5.74, 6) is 0.143. The van der Waals surface area contributed by atoms with Crippen molar-refractivity contribution in [2.45, 2.75) is 31.7 Å². The fourth-order valence-corrected chi connectivity index (χ4v) is 4.32. The largest absolute Gasteiger partial charge is 0.356 e. The third-order valence-corrected chi connectivity index (χ3v) is 6.09. The summed E-state index contributed by atoms with van der Waals surface area (Å²) in [4.78, 5) is 26.5. The Morgan fingerprint density at radius 1 is 1.04 bits per heavy atom. The number of likely N-dealkylation sites (tertiary alicyclic amines) is 1. The number of nitrogens with one attached hydrogen (secondary N) is 2. The van der Waals surface area contributed by atoms with Crippen LogP contribution in [0.25, 0.3) is 0 Å². The van der Waals surface area contributed by atoms with E-state index in [1.54, 1.807) is 0 Å². The lowest BCUT2D eigenvalue weighted by Gasteiger charge is -2.38. The number of nitrogens with zero attached hydrogens (tertiary/aromatic N) is 1. The molecule has 2 N–H and O–H groups in total. The number of hydrogen-bond donors (Lipinski definition) is 2. The van der Waals surface area contributed by atoms with Crippen LogP contribution in [0.1, 0.15) is 36.4 Å². The molecule has 5 heteroatoms. The molecule has 0 bridgehead atoms. The maximum atomic E-state index is 13.0. The first kappa shape index (κ1) is 18.5. The molecule has 2 saturated heterocycles. The standard InChI is InChI=1S/C23H27N3O2/c27-21-16-23(17-24-21)11-13-26(14-12-23)22(28)25-20(19-9-5-2-6-10-19)15-18-7-3-1-4-8-18/h1-10,20H,11-17H2,(H,24,27)(H,25,28)/t20-/m1/s1. The first-order valence-corrected chi connectivity index (χ1v) is 10.0. The number of rotatable bonds is 4. The van der Waals surface area contributed by atoms with Crippen molar-refractivity contribution >= 4 is 11.9 Å². The van der Waals surface area contributed by atoms with Crippen molar-refractivity contribution in [1.82, 2.24) is 15.5 Å². The van der Waals surface area contributed by atoms with Crippen molar-refractivity contribution in [1.29, 1.82) is 0 Å². The third kappa shape index (κ3) is 4.19. The second-order valence-electron chi connectivity index (χ2n) is 8.04. The lowest BCUT2D eigenvalue weighted by Crippen LogP contribution is -2.48. The number of urea groups is 1. The number of benzene rings is 2. The molecule has 0 aliphatic carbocycles. The van der Waals surface area contributed by atoms with Gasteiger partial charge in [0.15, 0.2) is 0 Å². The maximum Gasteiger partial charge on any atom is 0.317 e. The Labute approximate surface area is 166 Å². The molecule has 2 fully saturated rings. The van der Waals surface area contributed by atoms with Crippen molar-refractivity contribution in [3.05, 3.63) is 71.8 Å². The average Bonchev–Trinajstić information content (AvgIpc) is 3.09. The summed E-state index contributed by atoms with van der Waals surface area (Å²) in [5.41, 5.74) is 2.36. The van der Waals surface area contributed by atoms with E-state index in [0.717, 1.165) is 31.4 Å². The molecule has 4 rings (SSSR count). The number of amides is 3. The van der Waals surface area contributed by atoms with Gasteiger partial charge in [-0.3, -0.25) is 4.79 Å². The molecule has 5 nitrogen and oxygen atoms in total. The van der Waals surface area contributed by atoms with Crippen LogP contribution in [0.3, 0.4) is 0 Å². The Kier molecular flexibility index (Phi) is 5.33. The Balaban J connectivity index is 1.42. The number of carbonyl (C=O) groups excluding carboxylic acids is 2. The maximum absolute atomic E-state index is 13.0. The molecule has 146 valence electrons. The van der Waals surface area contributed by atoms with Crippen LogP contribution in [-0.2, 0) is 11.2 Å². The number of hydrogen-bond acceptors (Lipinski definition) is 2. The zero-order chi connectivity index (χ0) is 19.4. The fourth-order valence-electron chi connectivity index (χ4n) is 4.32. The van der Waals surface area contributed by atoms with Crippen LogP contribution in [0.4, 0.5) is 4.79 Å². The lowest BCUT2D eigenvalue weighted by atomic mass is 9.78. The predicted octanol–water partition coefficient (Wildman–Crippen LogP) is 3.28. The van der Waals surface area contributed by atoms with Crippen LogP contribution >= 0.6 is 0 Å². The van der Waals surface area contributed by atoms with Gasteiger partial charge >= 0.3 is 6.03 Å². The molecular formula is C23H27N3O2. The molecule has 3 amide bonds. The summed E-state index contributed by atoms with van der Waals surface area (Å²) in [7, 11) is 0. The van der Waals surface area contributed by atoms with Gasteiger partial charge in [-0.1, -0.05) is 60.7 Å². The smallest absolute Gasteiger partial charge is 0.317 e. The van der Waals surface area contributed by atoms with Crippen LogP contribution in [-0.4, -0.2) is 36.5 Å². The second kappa shape index (κ2) is 8.05. The van der Waals surface area contributed by atoms with Gasteiger partial charge in [0.25, 0.3) is 0 Å². The van der Waals surface area contributed by atoms with E-state index in [4.69, 9.17) is 0 Å². The highest BCUT2D eigenvalue weighted by Crippen LogP contribution is 2.37. The Bertz CT molecular complexity index is 814. The van der Waals surface area contributed by atoms with E-state index < -0.39 is 0 Å². The SMILES string of the molecule is O=C1CC2(CCN(C(=O)N[C@H](Cc3ccccc3)c3ccccc3)CC2)CN1. The van der Waals surface area contributed by atoms with Crippen molar-refractivity contribution in [3.8, 4) is 0 Å². The third-order valence-electron chi connectivity index (χ3n) is 6.09. The molecule has 0 unspecified atom stereocenters. The minimum absolute atomic E-state index is 0.0167. The van der Waals surface area contributed by atoms with Gasteiger partial charge in [0.1, 0.15) is 0 Å². The first-order valence-electron chi connectivity index (χ1n) is 10.0. The van der Waals surface area contributed by atoms with Gasteiger partial charge in [-0.2, -0.15) is 0 Å². The number of piperidine rings is 1. The summed E-state index contributed by atoms with van der Waals surface area (Å²) < 4.78 is 0. The molecule has 0 radical (unpaired) electrons. The van der Waals surface area contributed by atoms with Crippen LogP contribution < -0.4 is 10.6 Å². The summed E-state index contributed by atoms with van der Waals surface area (Å²) >= 11 is 0. The summed E-state index contributed by atoms with van der Waals surface area (Å²) in [6.45, 7) is 2.16. The van der Waals surface area contributed by atoms with Crippen molar-refractivity contribution in [3.63, 3.8) is 0 Å². The number of carbonyl (C=O) groups is 2. The van der Waals surface area contributed by atoms with E-state index >= 15 is 0 Å². The molecule has 0 saturated carbocycles. The summed E-state index contributed by atoms with van der Waals surface area (Å²) in [6.07, 6.45) is 3.12. The van der Waals surface area contributed by atoms with E-state index in [1.165, 1.54) is 5.56 Å². The molecule has 2 aliphatic heterocycles. The Morgan fingerprint density at radius 3 is 2.29 bits per heavy atom. The van der Waals surface area contributed by atoms with E-state index in [0.29, 0.717) is 19.5 Å². The molecule has 2 aromatic carbocycles. The van der Waals surface area contributed by atoms with E-state index in [9.17, 15) is 9.59 Å². The normalized spacial score (nSPS) is 19.3. The van der Waals surface area contributed by atoms with E-state index in [1.807, 2.05) is 41.3 Å². The van der Waals surface area contributed by atoms with Crippen LogP contribution in [0.5, 0.6) is 0 Å². The summed E-state index contributed by atoms with van der Waals surface area (Å²) in [5, 5.41) is 6.19. The van der Waals surface area contributed by atoms with Gasteiger partial charge in [0.2, 0.25) is 5.91 Å². The Hall–Kier alpha value is -2.82. The van der Waals surface area contributed by atoms with Crippen LogP contribution in [0, 0.1) is 5.41 Å². The molecule has 1 spiro atoms. The van der Waals surface area contributed by atoms with E-state index in [-0.39, 0.29) is 23.4 Å². The van der Waals surface area contributed by atoms with Gasteiger partial charge in [0.05, 0.1) is 6.04 Å². The summed E-state index contributed by atoms with van der Waals surface area (Å²) in [6, 6.07) is 20.3. The van der Waals surface area contributed by atoms with Crippen molar-refractivity contribution in [2.75, 3.05) is 19.6 Å². The van der Waals surface area contributed by atoms with Crippen LogP contribution in [0.15, 0.2) is 60.7 Å². The molecule has 1 atom stereocenters. The topological polar surface area (TPSA) is 61.4 Å². The van der Waals surface area contributed by atoms with Gasteiger partial charge in [-0.05, 0) is 35.8 Å². The zero-order valence-corrected chi connectivity index (χ0v) is 16.1. The molecule has 28 heavy (non-hydrogen) atoms. The van der Waals surface area contributed by atoms with Crippen LogP contribution in [0.2, 0.25) is 0 Å². The highest BCUT2D eigenvalue weighted by atomic mass is 16.2.